The van der Waals surface area contributed by atoms with Gasteiger partial charge in [0.05, 0.1) is 22.6 Å². The van der Waals surface area contributed by atoms with Crippen LogP contribution in [0.25, 0.3) is 0 Å². The predicted molar refractivity (Wildman–Crippen MR) is 156 cm³/mol. The van der Waals surface area contributed by atoms with Crippen LogP contribution in [0, 0.1) is 11.7 Å². The summed E-state index contributed by atoms with van der Waals surface area (Å²) in [5.41, 5.74) is 6.19. The Hall–Kier alpha value is -4.60. The van der Waals surface area contributed by atoms with Gasteiger partial charge in [0.1, 0.15) is 23.1 Å². The van der Waals surface area contributed by atoms with E-state index in [0.717, 1.165) is 0 Å². The first-order valence-corrected chi connectivity index (χ1v) is 13.9. The second kappa shape index (κ2) is 12.5. The second-order valence-electron chi connectivity index (χ2n) is 10.7. The Morgan fingerprint density at radius 1 is 0.976 bits per heavy atom. The molecule has 0 aliphatic carbocycles. The van der Waals surface area contributed by atoms with Crippen LogP contribution in [0.1, 0.15) is 50.0 Å². The zero-order valence-corrected chi connectivity index (χ0v) is 24.2. The number of carbonyl (C=O) groups is 3. The number of nitrogens with zero attached hydrogens (tertiary/aromatic N) is 2. The zero-order chi connectivity index (χ0) is 30.6. The quantitative estimate of drug-likeness (QED) is 0.297. The Bertz CT molecular complexity index is 1450. The van der Waals surface area contributed by atoms with E-state index in [-0.39, 0.29) is 47.0 Å². The lowest BCUT2D eigenvalue weighted by atomic mass is 9.85. The minimum atomic E-state index is -1.10. The molecule has 1 fully saturated rings. The molecule has 4 rings (SSSR count). The monoisotopic (exact) mass is 577 g/mol. The molecule has 222 valence electrons. The Balaban J connectivity index is 1.65. The predicted octanol–water partition coefficient (Wildman–Crippen LogP) is 5.69. The lowest BCUT2D eigenvalue weighted by Crippen LogP contribution is -2.38. The highest BCUT2D eigenvalue weighted by molar-refractivity contribution is 6.01. The Morgan fingerprint density at radius 2 is 1.57 bits per heavy atom. The molecule has 1 atom stereocenters. The summed E-state index contributed by atoms with van der Waals surface area (Å²) in [6.07, 6.45) is 0.551. The number of nitrogen functional groups attached to an aromatic ring is 1. The minimum Gasteiger partial charge on any atom is -0.481 e. The molecule has 42 heavy (non-hydrogen) atoms. The first-order chi connectivity index (χ1) is 19.9. The molecular weight excluding hydrogens is 541 g/mol. The van der Waals surface area contributed by atoms with Crippen molar-refractivity contribution in [3.8, 4) is 23.0 Å². The van der Waals surface area contributed by atoms with Crippen LogP contribution < -0.4 is 15.2 Å². The van der Waals surface area contributed by atoms with Crippen LogP contribution in [-0.4, -0.2) is 58.9 Å². The first-order valence-electron chi connectivity index (χ1n) is 13.9. The fourth-order valence-corrected chi connectivity index (χ4v) is 4.86. The van der Waals surface area contributed by atoms with Gasteiger partial charge < -0.3 is 30.1 Å². The number of carbonyl (C=O) groups excluding carboxylic acids is 2. The summed E-state index contributed by atoms with van der Waals surface area (Å²) >= 11 is 0. The van der Waals surface area contributed by atoms with Crippen molar-refractivity contribution in [3.63, 3.8) is 0 Å². The molecule has 10 heteroatoms. The third-order valence-electron chi connectivity index (χ3n) is 7.63. The van der Waals surface area contributed by atoms with E-state index in [2.05, 4.69) is 0 Å². The smallest absolute Gasteiger partial charge is 0.313 e. The van der Waals surface area contributed by atoms with Gasteiger partial charge in [-0.3, -0.25) is 14.4 Å². The van der Waals surface area contributed by atoms with Crippen molar-refractivity contribution >= 4 is 23.5 Å². The molecular formula is C32H36FN3O6. The van der Waals surface area contributed by atoms with Crippen molar-refractivity contribution < 1.29 is 33.4 Å². The van der Waals surface area contributed by atoms with Crippen molar-refractivity contribution in [1.82, 2.24) is 9.80 Å². The zero-order valence-electron chi connectivity index (χ0n) is 24.2. The number of carboxylic acid groups (broad SMARTS) is 1. The molecule has 1 aliphatic rings. The number of aliphatic carboxylic acids is 1. The summed E-state index contributed by atoms with van der Waals surface area (Å²) in [7, 11) is 0. The van der Waals surface area contributed by atoms with Gasteiger partial charge in [-0.25, -0.2) is 4.39 Å². The third-order valence-corrected chi connectivity index (χ3v) is 7.63. The number of anilines is 1. The highest BCUT2D eigenvalue weighted by atomic mass is 19.1. The molecule has 0 saturated carbocycles. The van der Waals surface area contributed by atoms with Crippen LogP contribution >= 0.6 is 0 Å². The number of carboxylic acids is 1. The van der Waals surface area contributed by atoms with Crippen molar-refractivity contribution in [2.75, 3.05) is 31.9 Å². The minimum absolute atomic E-state index is 0.0233. The van der Waals surface area contributed by atoms with Gasteiger partial charge in [0.25, 0.3) is 5.91 Å². The Labute approximate surface area is 244 Å². The van der Waals surface area contributed by atoms with E-state index in [0.29, 0.717) is 43.1 Å². The number of rotatable bonds is 10. The maximum Gasteiger partial charge on any atom is 0.313 e. The molecule has 0 spiro atoms. The topological polar surface area (TPSA) is 122 Å². The molecule has 3 N–H and O–H groups in total. The molecule has 1 aliphatic heterocycles. The number of halogens is 1. The third kappa shape index (κ3) is 6.48. The molecule has 2 amide bonds. The van der Waals surface area contributed by atoms with Crippen molar-refractivity contribution in [1.29, 1.82) is 0 Å². The normalized spacial score (nSPS) is 14.9. The molecule has 1 heterocycles. The summed E-state index contributed by atoms with van der Waals surface area (Å²) in [6.45, 7) is 8.94. The van der Waals surface area contributed by atoms with Crippen molar-refractivity contribution in [2.24, 2.45) is 5.92 Å². The van der Waals surface area contributed by atoms with Crippen LogP contribution in [0.3, 0.4) is 0 Å². The Kier molecular flexibility index (Phi) is 9.04. The van der Waals surface area contributed by atoms with E-state index in [1.807, 2.05) is 13.8 Å². The summed E-state index contributed by atoms with van der Waals surface area (Å²) in [6, 6.07) is 15.0. The van der Waals surface area contributed by atoms with Gasteiger partial charge in [0.15, 0.2) is 5.75 Å². The van der Waals surface area contributed by atoms with Crippen LogP contribution in [-0.2, 0) is 15.0 Å². The van der Waals surface area contributed by atoms with E-state index in [1.54, 1.807) is 47.9 Å². The SMILES string of the molecule is CCN(CC)C(=O)C1CCN(C(=O)c2cc(Oc3ccc(F)cc3)cc(Oc3ccc(C(C)(C)C(=O)O)cc3)c2N)C1. The lowest BCUT2D eigenvalue weighted by molar-refractivity contribution is -0.142. The van der Waals surface area contributed by atoms with Gasteiger partial charge in [-0.1, -0.05) is 12.1 Å². The van der Waals surface area contributed by atoms with E-state index in [9.17, 15) is 23.9 Å². The average Bonchev–Trinajstić information content (AvgIpc) is 3.47. The highest BCUT2D eigenvalue weighted by Crippen LogP contribution is 2.38. The van der Waals surface area contributed by atoms with Gasteiger partial charge >= 0.3 is 5.97 Å². The van der Waals surface area contributed by atoms with Crippen LogP contribution in [0.2, 0.25) is 0 Å². The molecule has 0 aromatic heterocycles. The fraction of sp³-hybridized carbons (Fsp3) is 0.344. The maximum absolute atomic E-state index is 13.7. The number of amides is 2. The molecule has 1 saturated heterocycles. The van der Waals surface area contributed by atoms with E-state index >= 15 is 0 Å². The molecule has 9 nitrogen and oxygen atoms in total. The summed E-state index contributed by atoms with van der Waals surface area (Å²) in [5, 5.41) is 9.53. The molecule has 3 aromatic rings. The van der Waals surface area contributed by atoms with Gasteiger partial charge in [0, 0.05) is 32.2 Å². The van der Waals surface area contributed by atoms with Crippen LogP contribution in [0.5, 0.6) is 23.0 Å². The van der Waals surface area contributed by atoms with Gasteiger partial charge in [-0.05, 0) is 82.1 Å². The highest BCUT2D eigenvalue weighted by Gasteiger charge is 2.34. The first kappa shape index (κ1) is 30.4. The Morgan fingerprint density at radius 3 is 2.17 bits per heavy atom. The fourth-order valence-electron chi connectivity index (χ4n) is 4.86. The largest absolute Gasteiger partial charge is 0.481 e. The van der Waals surface area contributed by atoms with Gasteiger partial charge in [0.2, 0.25) is 5.91 Å². The number of nitrogens with two attached hydrogens (primary N) is 1. The summed E-state index contributed by atoms with van der Waals surface area (Å²) in [4.78, 5) is 41.6. The van der Waals surface area contributed by atoms with E-state index < -0.39 is 17.2 Å². The van der Waals surface area contributed by atoms with Crippen molar-refractivity contribution in [2.45, 2.75) is 39.5 Å². The number of likely N-dealkylation sites (tertiary alicyclic amines) is 1. The average molecular weight is 578 g/mol. The second-order valence-corrected chi connectivity index (χ2v) is 10.7. The van der Waals surface area contributed by atoms with Crippen LogP contribution in [0.4, 0.5) is 10.1 Å². The number of benzene rings is 3. The number of hydrogen-bond donors (Lipinski definition) is 2. The van der Waals surface area contributed by atoms with E-state index in [4.69, 9.17) is 15.2 Å². The van der Waals surface area contributed by atoms with Gasteiger partial charge in [-0.15, -0.1) is 0 Å². The van der Waals surface area contributed by atoms with Crippen molar-refractivity contribution in [3.05, 3.63) is 77.6 Å². The molecule has 0 radical (unpaired) electrons. The van der Waals surface area contributed by atoms with Gasteiger partial charge in [-0.2, -0.15) is 0 Å². The standard InChI is InChI=1S/C32H36FN3O6/c1-5-35(6-2)29(37)20-15-16-36(19-20)30(38)26-17-25(41-23-13-9-22(33)10-14-23)18-27(28(26)34)42-24-11-7-21(8-12-24)32(3,4)31(39)40/h7-14,17-18,20H,5-6,15-16,19,34H2,1-4H3,(H,39,40). The maximum atomic E-state index is 13.7. The lowest BCUT2D eigenvalue weighted by Gasteiger charge is -2.23. The van der Waals surface area contributed by atoms with Crippen LogP contribution in [0.15, 0.2) is 60.7 Å². The molecule has 0 bridgehead atoms. The summed E-state index contributed by atoms with van der Waals surface area (Å²) < 4.78 is 25.5. The number of ether oxygens (including phenoxy) is 2. The molecule has 3 aromatic carbocycles. The van der Waals surface area contributed by atoms with E-state index in [1.165, 1.54) is 36.4 Å². The summed E-state index contributed by atoms with van der Waals surface area (Å²) in [5.74, 6) is -0.907. The number of hydrogen-bond acceptors (Lipinski definition) is 6. The molecule has 1 unspecified atom stereocenters.